The van der Waals surface area contributed by atoms with E-state index < -0.39 is 5.97 Å². The number of aromatic nitrogens is 1. The van der Waals surface area contributed by atoms with Crippen molar-refractivity contribution in [3.05, 3.63) is 47.2 Å². The molecule has 0 spiro atoms. The number of carboxylic acid groups (broad SMARTS) is 1. The fraction of sp³-hybridized carbons (Fsp3) is 0.0833. The number of hydrogen-bond acceptors (Lipinski definition) is 1. The number of benzene rings is 1. The first-order chi connectivity index (χ1) is 7.58. The van der Waals surface area contributed by atoms with Crippen molar-refractivity contribution >= 4 is 17.6 Å². The smallest absolute Gasteiger partial charge is 0.352 e. The predicted octanol–water partition coefficient (Wildman–Crippen LogP) is 3.04. The van der Waals surface area contributed by atoms with Gasteiger partial charge in [0.25, 0.3) is 0 Å². The molecule has 1 heterocycles. The quantitative estimate of drug-likeness (QED) is 0.869. The Morgan fingerprint density at radius 1 is 1.31 bits per heavy atom. The summed E-state index contributed by atoms with van der Waals surface area (Å²) in [6.07, 6.45) is 1.77. The van der Waals surface area contributed by atoms with E-state index in [1.54, 1.807) is 29.9 Å². The minimum Gasteiger partial charge on any atom is -0.477 e. The van der Waals surface area contributed by atoms with Crippen LogP contribution in [0.25, 0.3) is 11.1 Å². The molecule has 0 aliphatic heterocycles. The van der Waals surface area contributed by atoms with Gasteiger partial charge in [-0.2, -0.15) is 0 Å². The van der Waals surface area contributed by atoms with Crippen LogP contribution < -0.4 is 0 Å². The van der Waals surface area contributed by atoms with Gasteiger partial charge < -0.3 is 9.67 Å². The number of rotatable bonds is 2. The lowest BCUT2D eigenvalue weighted by Crippen LogP contribution is -2.02. The average molecular weight is 236 g/mol. The van der Waals surface area contributed by atoms with Crippen molar-refractivity contribution in [2.45, 2.75) is 0 Å². The molecule has 2 aromatic rings. The van der Waals surface area contributed by atoms with Crippen LogP contribution in [0.15, 0.2) is 36.5 Å². The van der Waals surface area contributed by atoms with E-state index in [4.69, 9.17) is 16.7 Å². The zero-order valence-electron chi connectivity index (χ0n) is 8.64. The molecule has 0 aliphatic rings. The van der Waals surface area contributed by atoms with Gasteiger partial charge in [-0.05, 0) is 23.8 Å². The van der Waals surface area contributed by atoms with Gasteiger partial charge in [0.15, 0.2) is 0 Å². The van der Waals surface area contributed by atoms with Gasteiger partial charge in [0.05, 0.1) is 0 Å². The Balaban J connectivity index is 2.49. The van der Waals surface area contributed by atoms with Gasteiger partial charge in [-0.1, -0.05) is 23.7 Å². The molecule has 4 heteroatoms. The molecule has 0 atom stereocenters. The van der Waals surface area contributed by atoms with Crippen LogP contribution in [0.1, 0.15) is 10.5 Å². The molecular weight excluding hydrogens is 226 g/mol. The van der Waals surface area contributed by atoms with Crippen molar-refractivity contribution < 1.29 is 9.90 Å². The molecule has 0 saturated carbocycles. The molecular formula is C12H10ClNO2. The molecule has 0 unspecified atom stereocenters. The van der Waals surface area contributed by atoms with E-state index in [2.05, 4.69) is 0 Å². The van der Waals surface area contributed by atoms with Crippen LogP contribution >= 0.6 is 11.6 Å². The second-order valence-corrected chi connectivity index (χ2v) is 3.98. The molecule has 82 valence electrons. The van der Waals surface area contributed by atoms with Gasteiger partial charge in [0.1, 0.15) is 5.69 Å². The number of nitrogens with zero attached hydrogens (tertiary/aromatic N) is 1. The molecule has 0 saturated heterocycles. The third-order valence-corrected chi connectivity index (χ3v) is 2.62. The molecule has 1 aromatic carbocycles. The van der Waals surface area contributed by atoms with E-state index in [9.17, 15) is 4.79 Å². The van der Waals surface area contributed by atoms with E-state index in [0.29, 0.717) is 5.02 Å². The Labute approximate surface area is 97.9 Å². The molecule has 0 fully saturated rings. The van der Waals surface area contributed by atoms with Crippen LogP contribution in [0.3, 0.4) is 0 Å². The van der Waals surface area contributed by atoms with Crippen LogP contribution in [0, 0.1) is 0 Å². The first kappa shape index (κ1) is 10.8. The van der Waals surface area contributed by atoms with Gasteiger partial charge in [0.2, 0.25) is 0 Å². The summed E-state index contributed by atoms with van der Waals surface area (Å²) in [6.45, 7) is 0. The predicted molar refractivity (Wildman–Crippen MR) is 62.8 cm³/mol. The van der Waals surface area contributed by atoms with Crippen molar-refractivity contribution in [1.29, 1.82) is 0 Å². The third-order valence-electron chi connectivity index (χ3n) is 2.38. The second kappa shape index (κ2) is 4.02. The highest BCUT2D eigenvalue weighted by molar-refractivity contribution is 6.30. The molecule has 1 N–H and O–H groups in total. The highest BCUT2D eigenvalue weighted by Crippen LogP contribution is 2.24. The topological polar surface area (TPSA) is 42.2 Å². The Hall–Kier alpha value is -1.74. The fourth-order valence-corrected chi connectivity index (χ4v) is 1.79. The maximum Gasteiger partial charge on any atom is 0.352 e. The molecule has 0 aliphatic carbocycles. The number of aryl methyl sites for hydroxylation is 1. The van der Waals surface area contributed by atoms with Gasteiger partial charge in [0, 0.05) is 23.8 Å². The summed E-state index contributed by atoms with van der Waals surface area (Å²) in [4.78, 5) is 10.9. The minimum absolute atomic E-state index is 0.259. The van der Waals surface area contributed by atoms with Crippen LogP contribution in [0.4, 0.5) is 0 Å². The minimum atomic E-state index is -0.934. The van der Waals surface area contributed by atoms with Gasteiger partial charge >= 0.3 is 5.97 Å². The molecule has 0 radical (unpaired) electrons. The van der Waals surface area contributed by atoms with E-state index in [0.717, 1.165) is 11.1 Å². The van der Waals surface area contributed by atoms with Crippen molar-refractivity contribution in [3.63, 3.8) is 0 Å². The first-order valence-electron chi connectivity index (χ1n) is 4.73. The van der Waals surface area contributed by atoms with E-state index in [-0.39, 0.29) is 5.69 Å². The Morgan fingerprint density at radius 3 is 2.62 bits per heavy atom. The summed E-state index contributed by atoms with van der Waals surface area (Å²) in [7, 11) is 1.71. The van der Waals surface area contributed by atoms with Gasteiger partial charge in [-0.3, -0.25) is 0 Å². The number of carbonyl (C=O) groups is 1. The molecule has 0 amide bonds. The summed E-state index contributed by atoms with van der Waals surface area (Å²) in [6, 6.07) is 8.96. The van der Waals surface area contributed by atoms with Crippen molar-refractivity contribution in [1.82, 2.24) is 4.57 Å². The van der Waals surface area contributed by atoms with E-state index >= 15 is 0 Å². The van der Waals surface area contributed by atoms with Crippen molar-refractivity contribution in [3.8, 4) is 11.1 Å². The Kier molecular flexibility index (Phi) is 2.71. The summed E-state index contributed by atoms with van der Waals surface area (Å²) in [5, 5.41) is 9.57. The molecule has 0 bridgehead atoms. The summed E-state index contributed by atoms with van der Waals surface area (Å²) in [5.41, 5.74) is 2.02. The molecule has 3 nitrogen and oxygen atoms in total. The summed E-state index contributed by atoms with van der Waals surface area (Å²) in [5.74, 6) is -0.934. The van der Waals surface area contributed by atoms with Gasteiger partial charge in [-0.15, -0.1) is 0 Å². The normalized spacial score (nSPS) is 10.4. The maximum atomic E-state index is 10.9. The van der Waals surface area contributed by atoms with E-state index in [1.807, 2.05) is 18.2 Å². The highest BCUT2D eigenvalue weighted by Gasteiger charge is 2.10. The maximum absolute atomic E-state index is 10.9. The fourth-order valence-electron chi connectivity index (χ4n) is 1.60. The number of halogens is 1. The second-order valence-electron chi connectivity index (χ2n) is 3.54. The van der Waals surface area contributed by atoms with E-state index in [1.165, 1.54) is 0 Å². The first-order valence-corrected chi connectivity index (χ1v) is 5.11. The van der Waals surface area contributed by atoms with Crippen LogP contribution in [-0.4, -0.2) is 15.6 Å². The Bertz CT molecular complexity index is 546. The number of aromatic carboxylic acids is 1. The third kappa shape index (κ3) is 1.95. The van der Waals surface area contributed by atoms with Gasteiger partial charge in [-0.25, -0.2) is 4.79 Å². The number of carboxylic acids is 1. The van der Waals surface area contributed by atoms with Crippen molar-refractivity contribution in [2.75, 3.05) is 0 Å². The zero-order valence-corrected chi connectivity index (χ0v) is 9.40. The van der Waals surface area contributed by atoms with Crippen molar-refractivity contribution in [2.24, 2.45) is 7.05 Å². The Morgan fingerprint density at radius 2 is 2.06 bits per heavy atom. The SMILES string of the molecule is Cn1cc(-c2cccc(Cl)c2)cc1C(=O)O. The van der Waals surface area contributed by atoms with Crippen LogP contribution in [0.5, 0.6) is 0 Å². The summed E-state index contributed by atoms with van der Waals surface area (Å²) >= 11 is 5.88. The van der Waals surface area contributed by atoms with Crippen LogP contribution in [0.2, 0.25) is 5.02 Å². The molecule has 16 heavy (non-hydrogen) atoms. The largest absolute Gasteiger partial charge is 0.477 e. The monoisotopic (exact) mass is 235 g/mol. The molecule has 1 aromatic heterocycles. The lowest BCUT2D eigenvalue weighted by Gasteiger charge is -1.97. The van der Waals surface area contributed by atoms with Crippen LogP contribution in [-0.2, 0) is 7.05 Å². The number of hydrogen-bond donors (Lipinski definition) is 1. The lowest BCUT2D eigenvalue weighted by atomic mass is 10.1. The zero-order chi connectivity index (χ0) is 11.7. The lowest BCUT2D eigenvalue weighted by molar-refractivity contribution is 0.0686. The average Bonchev–Trinajstić information content (AvgIpc) is 2.60. The molecule has 2 rings (SSSR count). The summed E-state index contributed by atoms with van der Waals surface area (Å²) < 4.78 is 1.58. The standard InChI is InChI=1S/C12H10ClNO2/c1-14-7-9(6-11(14)12(15)16)8-3-2-4-10(13)5-8/h2-7H,1H3,(H,15,16). The highest BCUT2D eigenvalue weighted by atomic mass is 35.5.